The van der Waals surface area contributed by atoms with Crippen LogP contribution in [-0.2, 0) is 4.79 Å². The lowest BCUT2D eigenvalue weighted by molar-refractivity contribution is -0.135. The largest absolute Gasteiger partial charge is 0.349 e. The predicted molar refractivity (Wildman–Crippen MR) is 56.7 cm³/mol. The molecule has 14 heavy (non-hydrogen) atoms. The smallest absolute Gasteiger partial charge is 0.226 e. The van der Waals surface area contributed by atoms with E-state index in [1.165, 1.54) is 6.42 Å². The van der Waals surface area contributed by atoms with Crippen molar-refractivity contribution in [3.63, 3.8) is 0 Å². The first kappa shape index (κ1) is 9.75. The van der Waals surface area contributed by atoms with Gasteiger partial charge in [-0.1, -0.05) is 25.5 Å². The Labute approximate surface area is 86.0 Å². The molecule has 2 aliphatic carbocycles. The second kappa shape index (κ2) is 3.41. The van der Waals surface area contributed by atoms with Crippen LogP contribution >= 0.6 is 0 Å². The maximum Gasteiger partial charge on any atom is 0.226 e. The van der Waals surface area contributed by atoms with E-state index in [9.17, 15) is 4.79 Å². The molecule has 1 unspecified atom stereocenters. The third-order valence-corrected chi connectivity index (χ3v) is 3.82. The SMILES string of the molecule is CCC1[C@@H](C(=O)N(C)C)[C@@H]2C=C[C@H]1C2. The van der Waals surface area contributed by atoms with E-state index >= 15 is 0 Å². The van der Waals surface area contributed by atoms with E-state index in [-0.39, 0.29) is 5.92 Å². The fraction of sp³-hybridized carbons (Fsp3) is 0.750. The Kier molecular flexibility index (Phi) is 2.38. The molecule has 2 rings (SSSR count). The average molecular weight is 193 g/mol. The van der Waals surface area contributed by atoms with Crippen molar-refractivity contribution in [1.82, 2.24) is 4.90 Å². The van der Waals surface area contributed by atoms with Crippen LogP contribution in [0.4, 0.5) is 0 Å². The van der Waals surface area contributed by atoms with Crippen molar-refractivity contribution in [3.8, 4) is 0 Å². The summed E-state index contributed by atoms with van der Waals surface area (Å²) < 4.78 is 0. The number of hydrogen-bond acceptors (Lipinski definition) is 1. The van der Waals surface area contributed by atoms with E-state index in [1.807, 2.05) is 14.1 Å². The third kappa shape index (κ3) is 1.28. The summed E-state index contributed by atoms with van der Waals surface area (Å²) >= 11 is 0. The van der Waals surface area contributed by atoms with E-state index < -0.39 is 0 Å². The van der Waals surface area contributed by atoms with Crippen LogP contribution in [0.25, 0.3) is 0 Å². The molecule has 0 heterocycles. The summed E-state index contributed by atoms with van der Waals surface area (Å²) in [6.07, 6.45) is 6.92. The number of carbonyl (C=O) groups is 1. The van der Waals surface area contributed by atoms with Crippen molar-refractivity contribution >= 4 is 5.91 Å². The van der Waals surface area contributed by atoms with Gasteiger partial charge in [-0.15, -0.1) is 0 Å². The maximum absolute atomic E-state index is 12.0. The molecular formula is C12H19NO. The van der Waals surface area contributed by atoms with E-state index in [4.69, 9.17) is 0 Å². The van der Waals surface area contributed by atoms with Gasteiger partial charge in [0.15, 0.2) is 0 Å². The second-order valence-corrected chi connectivity index (χ2v) is 4.78. The Hall–Kier alpha value is -0.790. The van der Waals surface area contributed by atoms with Crippen LogP contribution in [0.15, 0.2) is 12.2 Å². The summed E-state index contributed by atoms with van der Waals surface area (Å²) in [5, 5.41) is 0. The minimum atomic E-state index is 0.269. The fourth-order valence-corrected chi connectivity index (χ4v) is 3.15. The highest BCUT2D eigenvalue weighted by molar-refractivity contribution is 5.80. The normalized spacial score (nSPS) is 39.1. The Morgan fingerprint density at radius 3 is 2.57 bits per heavy atom. The number of amides is 1. The lowest BCUT2D eigenvalue weighted by Crippen LogP contribution is -2.36. The molecular weight excluding hydrogens is 174 g/mol. The van der Waals surface area contributed by atoms with Crippen LogP contribution in [-0.4, -0.2) is 24.9 Å². The number of rotatable bonds is 2. The first-order valence-corrected chi connectivity index (χ1v) is 5.54. The van der Waals surface area contributed by atoms with Crippen molar-refractivity contribution in [2.45, 2.75) is 19.8 Å². The van der Waals surface area contributed by atoms with Crippen LogP contribution in [0.2, 0.25) is 0 Å². The molecule has 0 aromatic heterocycles. The molecule has 1 amide bonds. The fourth-order valence-electron chi connectivity index (χ4n) is 3.15. The number of nitrogens with zero attached hydrogens (tertiary/aromatic N) is 1. The van der Waals surface area contributed by atoms with Crippen molar-refractivity contribution in [2.24, 2.45) is 23.7 Å². The maximum atomic E-state index is 12.0. The molecule has 0 spiro atoms. The highest BCUT2D eigenvalue weighted by Crippen LogP contribution is 2.49. The number of hydrogen-bond donors (Lipinski definition) is 0. The van der Waals surface area contributed by atoms with Crippen LogP contribution in [0, 0.1) is 23.7 Å². The minimum Gasteiger partial charge on any atom is -0.349 e. The molecule has 78 valence electrons. The average Bonchev–Trinajstić information content (AvgIpc) is 2.74. The molecule has 0 saturated heterocycles. The second-order valence-electron chi connectivity index (χ2n) is 4.78. The highest BCUT2D eigenvalue weighted by Gasteiger charge is 2.47. The van der Waals surface area contributed by atoms with Gasteiger partial charge < -0.3 is 4.90 Å². The zero-order valence-corrected chi connectivity index (χ0v) is 9.23. The molecule has 0 aliphatic heterocycles. The third-order valence-electron chi connectivity index (χ3n) is 3.82. The highest BCUT2D eigenvalue weighted by atomic mass is 16.2. The zero-order chi connectivity index (χ0) is 10.3. The Morgan fingerprint density at radius 1 is 1.36 bits per heavy atom. The van der Waals surface area contributed by atoms with Crippen LogP contribution in [0.1, 0.15) is 19.8 Å². The Morgan fingerprint density at radius 2 is 2.00 bits per heavy atom. The predicted octanol–water partition coefficient (Wildman–Crippen LogP) is 1.92. The van der Waals surface area contributed by atoms with Crippen molar-refractivity contribution < 1.29 is 4.79 Å². The van der Waals surface area contributed by atoms with Gasteiger partial charge in [0.2, 0.25) is 5.91 Å². The van der Waals surface area contributed by atoms with Crippen LogP contribution in [0.3, 0.4) is 0 Å². The molecule has 1 fully saturated rings. The van der Waals surface area contributed by atoms with Gasteiger partial charge in [0.1, 0.15) is 0 Å². The topological polar surface area (TPSA) is 20.3 Å². The molecule has 0 aromatic rings. The zero-order valence-electron chi connectivity index (χ0n) is 9.23. The summed E-state index contributed by atoms with van der Waals surface area (Å²) in [5.74, 6) is 2.40. The standard InChI is InChI=1S/C12H19NO/c1-4-10-8-5-6-9(7-8)11(10)12(14)13(2)3/h5-6,8-11H,4,7H2,1-3H3/t8-,9+,10?,11-/m0/s1. The summed E-state index contributed by atoms with van der Waals surface area (Å²) in [4.78, 5) is 13.7. The lowest BCUT2D eigenvalue weighted by atomic mass is 9.80. The van der Waals surface area contributed by atoms with Crippen LogP contribution < -0.4 is 0 Å². The Bertz CT molecular complexity index is 269. The number of fused-ring (bicyclic) bond motifs is 2. The van der Waals surface area contributed by atoms with Gasteiger partial charge in [-0.3, -0.25) is 4.79 Å². The summed E-state index contributed by atoms with van der Waals surface area (Å²) in [7, 11) is 3.73. The van der Waals surface area contributed by atoms with E-state index in [2.05, 4.69) is 19.1 Å². The van der Waals surface area contributed by atoms with E-state index in [0.29, 0.717) is 23.7 Å². The summed E-state index contributed by atoms with van der Waals surface area (Å²) in [5.41, 5.74) is 0. The molecule has 0 radical (unpaired) electrons. The van der Waals surface area contributed by atoms with Gasteiger partial charge >= 0.3 is 0 Å². The first-order chi connectivity index (χ1) is 6.65. The van der Waals surface area contributed by atoms with Gasteiger partial charge in [-0.25, -0.2) is 0 Å². The molecule has 2 nitrogen and oxygen atoms in total. The molecule has 4 atom stereocenters. The Balaban J connectivity index is 2.18. The van der Waals surface area contributed by atoms with E-state index in [0.717, 1.165) is 6.42 Å². The van der Waals surface area contributed by atoms with Crippen molar-refractivity contribution in [3.05, 3.63) is 12.2 Å². The molecule has 2 aliphatic rings. The monoisotopic (exact) mass is 193 g/mol. The van der Waals surface area contributed by atoms with E-state index in [1.54, 1.807) is 4.90 Å². The molecule has 2 bridgehead atoms. The molecule has 0 N–H and O–H groups in total. The van der Waals surface area contributed by atoms with Gasteiger partial charge in [-0.05, 0) is 24.2 Å². The first-order valence-electron chi connectivity index (χ1n) is 5.54. The molecule has 2 heteroatoms. The van der Waals surface area contributed by atoms with Crippen molar-refractivity contribution in [2.75, 3.05) is 14.1 Å². The number of allylic oxidation sites excluding steroid dienone is 2. The summed E-state index contributed by atoms with van der Waals surface area (Å²) in [6, 6.07) is 0. The van der Waals surface area contributed by atoms with Crippen LogP contribution in [0.5, 0.6) is 0 Å². The van der Waals surface area contributed by atoms with Crippen molar-refractivity contribution in [1.29, 1.82) is 0 Å². The molecule has 1 saturated carbocycles. The van der Waals surface area contributed by atoms with Gasteiger partial charge in [-0.2, -0.15) is 0 Å². The minimum absolute atomic E-state index is 0.269. The number of carbonyl (C=O) groups excluding carboxylic acids is 1. The molecule has 0 aromatic carbocycles. The lowest BCUT2D eigenvalue weighted by Gasteiger charge is -2.28. The van der Waals surface area contributed by atoms with Gasteiger partial charge in [0, 0.05) is 20.0 Å². The quantitative estimate of drug-likeness (QED) is 0.614. The summed E-state index contributed by atoms with van der Waals surface area (Å²) in [6.45, 7) is 2.20. The van der Waals surface area contributed by atoms with Gasteiger partial charge in [0.25, 0.3) is 0 Å². The van der Waals surface area contributed by atoms with Gasteiger partial charge in [0.05, 0.1) is 0 Å².